The number of carbonyl (C=O) groups excluding carboxylic acids is 1. The van der Waals surface area contributed by atoms with Gasteiger partial charge in [-0.1, -0.05) is 36.4 Å². The monoisotopic (exact) mass is 417 g/mol. The predicted molar refractivity (Wildman–Crippen MR) is 118 cm³/mol. The van der Waals surface area contributed by atoms with E-state index in [2.05, 4.69) is 10.3 Å². The molecule has 4 rings (SSSR count). The SMILES string of the molecule is O=C(COc1ccccc1)Nc1ccccc1SCc1cc(=O)n2ccccc2n1. The lowest BCUT2D eigenvalue weighted by atomic mass is 10.3. The topological polar surface area (TPSA) is 72.7 Å². The van der Waals surface area contributed by atoms with Crippen LogP contribution in [-0.2, 0) is 10.5 Å². The van der Waals surface area contributed by atoms with Crippen LogP contribution >= 0.6 is 11.8 Å². The van der Waals surface area contributed by atoms with E-state index in [1.165, 1.54) is 22.2 Å². The number of rotatable bonds is 7. The molecule has 0 aliphatic rings. The average molecular weight is 417 g/mol. The first-order chi connectivity index (χ1) is 14.7. The molecule has 2 heterocycles. The van der Waals surface area contributed by atoms with Crippen molar-refractivity contribution in [3.05, 3.63) is 101 Å². The third-order valence-corrected chi connectivity index (χ3v) is 5.38. The fraction of sp³-hybridized carbons (Fsp3) is 0.0870. The van der Waals surface area contributed by atoms with Crippen molar-refractivity contribution in [3.63, 3.8) is 0 Å². The zero-order valence-electron chi connectivity index (χ0n) is 16.0. The molecule has 7 heteroatoms. The second-order valence-electron chi connectivity index (χ2n) is 6.45. The van der Waals surface area contributed by atoms with E-state index in [0.717, 1.165) is 4.90 Å². The molecule has 0 unspecified atom stereocenters. The standard InChI is InChI=1S/C23H19N3O3S/c27-22(15-29-18-8-2-1-3-9-18)25-19-10-4-5-11-20(19)30-16-17-14-23(28)26-13-7-6-12-21(26)24-17/h1-14H,15-16H2,(H,25,27). The van der Waals surface area contributed by atoms with Gasteiger partial charge in [0.05, 0.1) is 11.4 Å². The van der Waals surface area contributed by atoms with Crippen LogP contribution in [0.5, 0.6) is 5.75 Å². The van der Waals surface area contributed by atoms with Crippen LogP contribution in [0.1, 0.15) is 5.69 Å². The summed E-state index contributed by atoms with van der Waals surface area (Å²) < 4.78 is 7.01. The van der Waals surface area contributed by atoms with E-state index in [9.17, 15) is 9.59 Å². The van der Waals surface area contributed by atoms with E-state index in [4.69, 9.17) is 4.74 Å². The van der Waals surface area contributed by atoms with Crippen LogP contribution in [0.4, 0.5) is 5.69 Å². The highest BCUT2D eigenvalue weighted by atomic mass is 32.2. The Kier molecular flexibility index (Phi) is 6.10. The molecule has 0 saturated heterocycles. The number of nitrogens with one attached hydrogen (secondary N) is 1. The van der Waals surface area contributed by atoms with Crippen molar-refractivity contribution in [2.75, 3.05) is 11.9 Å². The Morgan fingerprint density at radius 3 is 2.63 bits per heavy atom. The summed E-state index contributed by atoms with van der Waals surface area (Å²) in [7, 11) is 0. The van der Waals surface area contributed by atoms with Crippen LogP contribution in [0.3, 0.4) is 0 Å². The molecule has 0 saturated carbocycles. The summed E-state index contributed by atoms with van der Waals surface area (Å²) in [6, 6.07) is 23.7. The van der Waals surface area contributed by atoms with Crippen LogP contribution in [0.15, 0.2) is 94.7 Å². The van der Waals surface area contributed by atoms with Gasteiger partial charge in [0.2, 0.25) is 0 Å². The Hall–Kier alpha value is -3.58. The van der Waals surface area contributed by atoms with E-state index < -0.39 is 0 Å². The minimum absolute atomic E-state index is 0.0774. The molecule has 4 aromatic rings. The molecule has 2 aromatic carbocycles. The van der Waals surface area contributed by atoms with Gasteiger partial charge in [-0.15, -0.1) is 11.8 Å². The van der Waals surface area contributed by atoms with Gasteiger partial charge in [-0.05, 0) is 36.4 Å². The van der Waals surface area contributed by atoms with Crippen molar-refractivity contribution < 1.29 is 9.53 Å². The van der Waals surface area contributed by atoms with Gasteiger partial charge in [-0.2, -0.15) is 0 Å². The minimum atomic E-state index is -0.242. The molecule has 0 fully saturated rings. The molecular weight excluding hydrogens is 398 g/mol. The molecule has 0 aliphatic heterocycles. The molecule has 150 valence electrons. The number of pyridine rings is 1. The fourth-order valence-corrected chi connectivity index (χ4v) is 3.78. The number of fused-ring (bicyclic) bond motifs is 1. The number of anilines is 1. The van der Waals surface area contributed by atoms with Crippen molar-refractivity contribution in [3.8, 4) is 5.75 Å². The van der Waals surface area contributed by atoms with Crippen LogP contribution in [0.25, 0.3) is 5.65 Å². The van der Waals surface area contributed by atoms with Gasteiger partial charge < -0.3 is 10.1 Å². The van der Waals surface area contributed by atoms with E-state index in [1.807, 2.05) is 48.5 Å². The smallest absolute Gasteiger partial charge is 0.262 e. The second-order valence-corrected chi connectivity index (χ2v) is 7.47. The number of ether oxygens (including phenoxy) is 1. The summed E-state index contributed by atoms with van der Waals surface area (Å²) in [5.74, 6) is 0.909. The van der Waals surface area contributed by atoms with E-state index in [0.29, 0.717) is 28.5 Å². The number of amides is 1. The first-order valence-corrected chi connectivity index (χ1v) is 10.3. The van der Waals surface area contributed by atoms with Crippen molar-refractivity contribution in [2.24, 2.45) is 0 Å². The average Bonchev–Trinajstić information content (AvgIpc) is 2.78. The van der Waals surface area contributed by atoms with Crippen LogP contribution in [-0.4, -0.2) is 21.9 Å². The quantitative estimate of drug-likeness (QED) is 0.460. The number of carbonyl (C=O) groups is 1. The first kappa shape index (κ1) is 19.7. The van der Waals surface area contributed by atoms with E-state index in [1.54, 1.807) is 30.5 Å². The van der Waals surface area contributed by atoms with E-state index >= 15 is 0 Å². The van der Waals surface area contributed by atoms with Gasteiger partial charge in [0.15, 0.2) is 6.61 Å². The Morgan fingerprint density at radius 2 is 1.77 bits per heavy atom. The van der Waals surface area contributed by atoms with Crippen LogP contribution in [0, 0.1) is 0 Å². The van der Waals surface area contributed by atoms with Crippen LogP contribution < -0.4 is 15.6 Å². The number of aromatic nitrogens is 2. The lowest BCUT2D eigenvalue weighted by Crippen LogP contribution is -2.20. The largest absolute Gasteiger partial charge is 0.484 e. The zero-order chi connectivity index (χ0) is 20.8. The highest BCUT2D eigenvalue weighted by molar-refractivity contribution is 7.98. The summed E-state index contributed by atoms with van der Waals surface area (Å²) in [4.78, 5) is 30.0. The Balaban J connectivity index is 1.42. The lowest BCUT2D eigenvalue weighted by Gasteiger charge is -2.11. The minimum Gasteiger partial charge on any atom is -0.484 e. The summed E-state index contributed by atoms with van der Waals surface area (Å²) >= 11 is 1.51. The van der Waals surface area contributed by atoms with Crippen molar-refractivity contribution >= 4 is 29.0 Å². The number of hydrogen-bond acceptors (Lipinski definition) is 5. The normalized spacial score (nSPS) is 10.7. The summed E-state index contributed by atoms with van der Waals surface area (Å²) in [5, 5.41) is 2.89. The van der Waals surface area contributed by atoms with Gasteiger partial charge >= 0.3 is 0 Å². The third kappa shape index (κ3) is 4.87. The molecule has 1 N–H and O–H groups in total. The van der Waals surface area contributed by atoms with Crippen LogP contribution in [0.2, 0.25) is 0 Å². The first-order valence-electron chi connectivity index (χ1n) is 9.36. The molecule has 2 aromatic heterocycles. The highest BCUT2D eigenvalue weighted by Gasteiger charge is 2.09. The van der Waals surface area contributed by atoms with Crippen molar-refractivity contribution in [1.82, 2.24) is 9.38 Å². The molecular formula is C23H19N3O3S. The number of para-hydroxylation sites is 2. The second kappa shape index (κ2) is 9.28. The maximum atomic E-state index is 12.3. The molecule has 0 radical (unpaired) electrons. The molecule has 0 spiro atoms. The highest BCUT2D eigenvalue weighted by Crippen LogP contribution is 2.29. The summed E-state index contributed by atoms with van der Waals surface area (Å²) in [6.45, 7) is -0.0774. The van der Waals surface area contributed by atoms with Crippen molar-refractivity contribution in [2.45, 2.75) is 10.6 Å². The van der Waals surface area contributed by atoms with Gasteiger partial charge in [0.25, 0.3) is 11.5 Å². The molecule has 0 bridgehead atoms. The molecule has 0 aliphatic carbocycles. The van der Waals surface area contributed by atoms with Crippen molar-refractivity contribution in [1.29, 1.82) is 0 Å². The maximum absolute atomic E-state index is 12.3. The lowest BCUT2D eigenvalue weighted by molar-refractivity contribution is -0.118. The zero-order valence-corrected chi connectivity index (χ0v) is 16.8. The Bertz CT molecular complexity index is 1230. The van der Waals surface area contributed by atoms with Gasteiger partial charge in [0.1, 0.15) is 11.4 Å². The van der Waals surface area contributed by atoms with E-state index in [-0.39, 0.29) is 18.1 Å². The number of nitrogens with zero attached hydrogens (tertiary/aromatic N) is 2. The number of benzene rings is 2. The maximum Gasteiger partial charge on any atom is 0.262 e. The predicted octanol–water partition coefficient (Wildman–Crippen LogP) is 4.00. The third-order valence-electron chi connectivity index (χ3n) is 4.27. The van der Waals surface area contributed by atoms with Gasteiger partial charge in [0, 0.05) is 22.9 Å². The fourth-order valence-electron chi connectivity index (χ4n) is 2.88. The molecule has 1 amide bonds. The van der Waals surface area contributed by atoms with Gasteiger partial charge in [-0.3, -0.25) is 14.0 Å². The Labute approximate surface area is 177 Å². The number of thioether (sulfide) groups is 1. The molecule has 0 atom stereocenters. The van der Waals surface area contributed by atoms with Gasteiger partial charge in [-0.25, -0.2) is 4.98 Å². The Morgan fingerprint density at radius 1 is 1.00 bits per heavy atom. The summed E-state index contributed by atoms with van der Waals surface area (Å²) in [6.07, 6.45) is 1.70. The molecule has 6 nitrogen and oxygen atoms in total. The molecule has 30 heavy (non-hydrogen) atoms. The number of hydrogen-bond donors (Lipinski definition) is 1. The summed E-state index contributed by atoms with van der Waals surface area (Å²) in [5.41, 5.74) is 1.88.